The van der Waals surface area contributed by atoms with Gasteiger partial charge in [-0.15, -0.1) is 11.6 Å². The van der Waals surface area contributed by atoms with Crippen LogP contribution in [0.3, 0.4) is 0 Å². The lowest BCUT2D eigenvalue weighted by Crippen LogP contribution is -2.23. The second-order valence-corrected chi connectivity index (χ2v) is 5.72. The van der Waals surface area contributed by atoms with Gasteiger partial charge in [-0.2, -0.15) is 0 Å². The fourth-order valence-electron chi connectivity index (χ4n) is 2.00. The van der Waals surface area contributed by atoms with Gasteiger partial charge in [0.15, 0.2) is 0 Å². The van der Waals surface area contributed by atoms with Crippen LogP contribution in [-0.2, 0) is 6.54 Å². The van der Waals surface area contributed by atoms with E-state index in [9.17, 15) is 0 Å². The first-order valence-electron chi connectivity index (χ1n) is 6.38. The van der Waals surface area contributed by atoms with Crippen molar-refractivity contribution in [2.24, 2.45) is 5.92 Å². The molecule has 0 amide bonds. The number of hydrogen-bond acceptors (Lipinski definition) is 1. The highest BCUT2D eigenvalue weighted by Crippen LogP contribution is 2.20. The number of rotatable bonds is 8. The lowest BCUT2D eigenvalue weighted by atomic mass is 10.0. The Labute approximate surface area is 125 Å². The van der Waals surface area contributed by atoms with Crippen LogP contribution in [-0.4, -0.2) is 12.4 Å². The molecular formula is C14H20Cl3N. The molecule has 4 heteroatoms. The highest BCUT2D eigenvalue weighted by molar-refractivity contribution is 6.33. The van der Waals surface area contributed by atoms with Gasteiger partial charge in [0.2, 0.25) is 0 Å². The van der Waals surface area contributed by atoms with Crippen LogP contribution in [0.5, 0.6) is 0 Å². The van der Waals surface area contributed by atoms with Gasteiger partial charge in [-0.3, -0.25) is 0 Å². The summed E-state index contributed by atoms with van der Waals surface area (Å²) in [5, 5.41) is 4.92. The third-order valence-electron chi connectivity index (χ3n) is 2.97. The van der Waals surface area contributed by atoms with Crippen LogP contribution in [0.2, 0.25) is 10.0 Å². The van der Waals surface area contributed by atoms with Crippen molar-refractivity contribution in [3.8, 4) is 0 Å². The normalized spacial score (nSPS) is 12.7. The monoisotopic (exact) mass is 307 g/mol. The van der Waals surface area contributed by atoms with E-state index in [1.54, 1.807) is 6.07 Å². The molecule has 1 atom stereocenters. The maximum atomic E-state index is 6.11. The zero-order chi connectivity index (χ0) is 13.4. The van der Waals surface area contributed by atoms with Gasteiger partial charge in [0.05, 0.1) is 0 Å². The van der Waals surface area contributed by atoms with Gasteiger partial charge < -0.3 is 5.32 Å². The van der Waals surface area contributed by atoms with Crippen molar-refractivity contribution in [2.45, 2.75) is 32.7 Å². The molecule has 0 spiro atoms. The van der Waals surface area contributed by atoms with Crippen LogP contribution in [0.25, 0.3) is 0 Å². The molecule has 0 saturated carbocycles. The maximum absolute atomic E-state index is 6.11. The molecule has 0 aromatic heterocycles. The molecule has 18 heavy (non-hydrogen) atoms. The molecular weight excluding hydrogens is 289 g/mol. The summed E-state index contributed by atoms with van der Waals surface area (Å²) in [6, 6.07) is 5.55. The third kappa shape index (κ3) is 5.79. The third-order valence-corrected chi connectivity index (χ3v) is 3.79. The molecule has 0 aliphatic rings. The van der Waals surface area contributed by atoms with Gasteiger partial charge in [-0.05, 0) is 49.1 Å². The maximum Gasteiger partial charge on any atom is 0.0451 e. The molecule has 1 N–H and O–H groups in total. The highest BCUT2D eigenvalue weighted by Gasteiger charge is 2.07. The number of halogens is 3. The first-order chi connectivity index (χ1) is 8.67. The second-order valence-electron chi connectivity index (χ2n) is 4.50. The molecule has 1 rings (SSSR count). The van der Waals surface area contributed by atoms with Crippen LogP contribution in [0, 0.1) is 5.92 Å². The minimum absolute atomic E-state index is 0.644. The molecule has 0 bridgehead atoms. The van der Waals surface area contributed by atoms with E-state index in [0.29, 0.717) is 5.92 Å². The number of benzene rings is 1. The molecule has 102 valence electrons. The molecule has 0 aliphatic heterocycles. The predicted octanol–water partition coefficient (Wildman–Crippen LogP) is 5.13. The first kappa shape index (κ1) is 16.1. The number of alkyl halides is 1. The summed E-state index contributed by atoms with van der Waals surface area (Å²) in [5.41, 5.74) is 1.05. The van der Waals surface area contributed by atoms with Gasteiger partial charge in [-0.1, -0.05) is 36.5 Å². The van der Waals surface area contributed by atoms with E-state index in [2.05, 4.69) is 12.2 Å². The van der Waals surface area contributed by atoms with Crippen molar-refractivity contribution in [2.75, 3.05) is 12.4 Å². The fraction of sp³-hybridized carbons (Fsp3) is 0.571. The minimum atomic E-state index is 0.644. The Morgan fingerprint density at radius 1 is 1.22 bits per heavy atom. The van der Waals surface area contributed by atoms with Crippen molar-refractivity contribution in [1.82, 2.24) is 5.32 Å². The summed E-state index contributed by atoms with van der Waals surface area (Å²) >= 11 is 17.9. The summed E-state index contributed by atoms with van der Waals surface area (Å²) in [5.74, 6) is 1.37. The average molecular weight is 309 g/mol. The summed E-state index contributed by atoms with van der Waals surface area (Å²) < 4.78 is 0. The Morgan fingerprint density at radius 2 is 2.00 bits per heavy atom. The Morgan fingerprint density at radius 3 is 2.67 bits per heavy atom. The summed E-state index contributed by atoms with van der Waals surface area (Å²) in [6.07, 6.45) is 3.47. The number of nitrogens with one attached hydrogen (secondary N) is 1. The van der Waals surface area contributed by atoms with Crippen LogP contribution < -0.4 is 5.32 Å². The second kappa shape index (κ2) is 9.03. The fourth-order valence-corrected chi connectivity index (χ4v) is 2.69. The lowest BCUT2D eigenvalue weighted by molar-refractivity contribution is 0.430. The van der Waals surface area contributed by atoms with Gasteiger partial charge in [0, 0.05) is 22.5 Å². The quantitative estimate of drug-likeness (QED) is 0.657. The van der Waals surface area contributed by atoms with E-state index in [4.69, 9.17) is 34.8 Å². The first-order valence-corrected chi connectivity index (χ1v) is 7.67. The largest absolute Gasteiger partial charge is 0.312 e. The van der Waals surface area contributed by atoms with Crippen molar-refractivity contribution in [1.29, 1.82) is 0 Å². The molecule has 1 aromatic rings. The molecule has 1 nitrogen and oxygen atoms in total. The summed E-state index contributed by atoms with van der Waals surface area (Å²) in [6.45, 7) is 3.93. The summed E-state index contributed by atoms with van der Waals surface area (Å²) in [4.78, 5) is 0. The smallest absolute Gasteiger partial charge is 0.0451 e. The van der Waals surface area contributed by atoms with Crippen LogP contribution in [0.15, 0.2) is 18.2 Å². The Kier molecular flexibility index (Phi) is 8.08. The van der Waals surface area contributed by atoms with Gasteiger partial charge >= 0.3 is 0 Å². The zero-order valence-corrected chi connectivity index (χ0v) is 13.0. The van der Waals surface area contributed by atoms with E-state index in [0.717, 1.165) is 41.0 Å². The van der Waals surface area contributed by atoms with E-state index < -0.39 is 0 Å². The van der Waals surface area contributed by atoms with Crippen molar-refractivity contribution in [3.63, 3.8) is 0 Å². The Hall–Kier alpha value is 0.0500. The topological polar surface area (TPSA) is 12.0 Å². The van der Waals surface area contributed by atoms with E-state index in [1.165, 1.54) is 12.8 Å². The molecule has 0 fully saturated rings. The van der Waals surface area contributed by atoms with Gasteiger partial charge in [0.1, 0.15) is 0 Å². The average Bonchev–Trinajstić information content (AvgIpc) is 2.34. The molecule has 1 aromatic carbocycles. The minimum Gasteiger partial charge on any atom is -0.312 e. The Balaban J connectivity index is 2.41. The SMILES string of the molecule is CCCC(CCCl)CNCc1cc(Cl)ccc1Cl. The Bertz CT molecular complexity index is 349. The predicted molar refractivity (Wildman–Crippen MR) is 81.9 cm³/mol. The van der Waals surface area contributed by atoms with Crippen LogP contribution in [0.4, 0.5) is 0 Å². The standard InChI is InChI=1S/C14H20Cl3N/c1-2-3-11(6-7-15)9-18-10-12-8-13(16)4-5-14(12)17/h4-5,8,11,18H,2-3,6-7,9-10H2,1H3. The van der Waals surface area contributed by atoms with Crippen molar-refractivity contribution < 1.29 is 0 Å². The molecule has 1 unspecified atom stereocenters. The molecule has 0 heterocycles. The van der Waals surface area contributed by atoms with Crippen molar-refractivity contribution >= 4 is 34.8 Å². The van der Waals surface area contributed by atoms with E-state index >= 15 is 0 Å². The number of hydrogen-bond donors (Lipinski definition) is 1. The van der Waals surface area contributed by atoms with Crippen LogP contribution >= 0.6 is 34.8 Å². The van der Waals surface area contributed by atoms with E-state index in [-0.39, 0.29) is 0 Å². The van der Waals surface area contributed by atoms with E-state index in [1.807, 2.05) is 12.1 Å². The highest BCUT2D eigenvalue weighted by atomic mass is 35.5. The molecule has 0 saturated heterocycles. The van der Waals surface area contributed by atoms with Gasteiger partial charge in [0.25, 0.3) is 0 Å². The van der Waals surface area contributed by atoms with Crippen molar-refractivity contribution in [3.05, 3.63) is 33.8 Å². The van der Waals surface area contributed by atoms with Gasteiger partial charge in [-0.25, -0.2) is 0 Å². The zero-order valence-electron chi connectivity index (χ0n) is 10.7. The summed E-state index contributed by atoms with van der Waals surface area (Å²) in [7, 11) is 0. The molecule has 0 radical (unpaired) electrons. The molecule has 0 aliphatic carbocycles. The lowest BCUT2D eigenvalue weighted by Gasteiger charge is -2.16. The van der Waals surface area contributed by atoms with Crippen LogP contribution in [0.1, 0.15) is 31.7 Å².